The van der Waals surface area contributed by atoms with E-state index in [2.05, 4.69) is 11.0 Å². The van der Waals surface area contributed by atoms with Crippen LogP contribution in [0.3, 0.4) is 0 Å². The maximum absolute atomic E-state index is 12.6. The summed E-state index contributed by atoms with van der Waals surface area (Å²) in [7, 11) is 0. The molecule has 0 unspecified atom stereocenters. The Morgan fingerprint density at radius 2 is 1.88 bits per heavy atom. The Balaban J connectivity index is 1.84. The van der Waals surface area contributed by atoms with Gasteiger partial charge in [0, 0.05) is 25.8 Å². The Hall–Kier alpha value is -2.18. The molecule has 6 heteroatoms. The molecule has 6 nitrogen and oxygen atoms in total. The van der Waals surface area contributed by atoms with E-state index in [1.807, 2.05) is 6.20 Å². The summed E-state index contributed by atoms with van der Waals surface area (Å²) in [5, 5.41) is 9.33. The van der Waals surface area contributed by atoms with Crippen LogP contribution in [0, 0.1) is 0 Å². The summed E-state index contributed by atoms with van der Waals surface area (Å²) in [5.41, 5.74) is 3.49. The van der Waals surface area contributed by atoms with Crippen LogP contribution in [0.25, 0.3) is 5.52 Å². The van der Waals surface area contributed by atoms with Gasteiger partial charge >= 0.3 is 5.97 Å². The average Bonchev–Trinajstić information content (AvgIpc) is 2.58. The zero-order valence-corrected chi connectivity index (χ0v) is 13.5. The van der Waals surface area contributed by atoms with Crippen LogP contribution >= 0.6 is 0 Å². The lowest BCUT2D eigenvalue weighted by Crippen LogP contribution is -2.36. The van der Waals surface area contributed by atoms with E-state index in [9.17, 15) is 14.7 Å². The molecule has 2 aromatic heterocycles. The highest BCUT2D eigenvalue weighted by molar-refractivity contribution is 5.88. The number of morpholine rings is 1. The molecule has 0 amide bonds. The van der Waals surface area contributed by atoms with Gasteiger partial charge in [-0.1, -0.05) is 6.07 Å². The Bertz CT molecular complexity index is 865. The summed E-state index contributed by atoms with van der Waals surface area (Å²) < 4.78 is 6.94. The normalized spacial score (nSPS) is 18.0. The van der Waals surface area contributed by atoms with E-state index < -0.39 is 11.5 Å². The number of hydrogen-bond donors (Lipinski definition) is 1. The third-order valence-corrected chi connectivity index (χ3v) is 4.90. The summed E-state index contributed by atoms with van der Waals surface area (Å²) in [6.45, 7) is 3.97. The van der Waals surface area contributed by atoms with Crippen LogP contribution in [0.15, 0.2) is 23.1 Å². The van der Waals surface area contributed by atoms with Crippen LogP contribution in [0.4, 0.5) is 0 Å². The van der Waals surface area contributed by atoms with Gasteiger partial charge in [0.05, 0.1) is 18.7 Å². The molecule has 1 N–H and O–H groups in total. The number of rotatable bonds is 3. The average molecular weight is 328 g/mol. The highest BCUT2D eigenvalue weighted by Crippen LogP contribution is 2.26. The van der Waals surface area contributed by atoms with Crippen molar-refractivity contribution < 1.29 is 14.6 Å². The predicted octanol–water partition coefficient (Wildman–Crippen LogP) is 1.32. The largest absolute Gasteiger partial charge is 0.477 e. The topological polar surface area (TPSA) is 71.2 Å². The van der Waals surface area contributed by atoms with Crippen molar-refractivity contribution in [3.05, 3.63) is 50.9 Å². The number of carboxylic acid groups (broad SMARTS) is 1. The van der Waals surface area contributed by atoms with Gasteiger partial charge < -0.3 is 9.84 Å². The second-order valence-electron chi connectivity index (χ2n) is 6.53. The molecular formula is C18H20N2O4. The van der Waals surface area contributed by atoms with Crippen molar-refractivity contribution in [1.82, 2.24) is 9.30 Å². The standard InChI is InChI=1S/C18H20N2O4/c21-17-15(18(22)23)9-14-3-1-2-13-8-12(11-20(17)16(13)14)10-19-4-6-24-7-5-19/h8-9,11H,1-7,10H2,(H,22,23). The summed E-state index contributed by atoms with van der Waals surface area (Å²) in [6, 6.07) is 3.73. The van der Waals surface area contributed by atoms with E-state index in [0.29, 0.717) is 0 Å². The number of carbonyl (C=O) groups is 1. The van der Waals surface area contributed by atoms with Gasteiger partial charge in [0.2, 0.25) is 0 Å². The van der Waals surface area contributed by atoms with Gasteiger partial charge in [-0.3, -0.25) is 14.1 Å². The molecule has 2 aromatic rings. The number of hydrogen-bond acceptors (Lipinski definition) is 4. The number of pyridine rings is 2. The van der Waals surface area contributed by atoms with Crippen LogP contribution in [0.5, 0.6) is 0 Å². The minimum atomic E-state index is -1.16. The smallest absolute Gasteiger partial charge is 0.341 e. The fourth-order valence-corrected chi connectivity index (χ4v) is 3.78. The molecule has 3 heterocycles. The molecule has 0 atom stereocenters. The summed E-state index contributed by atoms with van der Waals surface area (Å²) in [4.78, 5) is 26.3. The van der Waals surface area contributed by atoms with Crippen LogP contribution in [-0.2, 0) is 24.1 Å². The van der Waals surface area contributed by atoms with E-state index >= 15 is 0 Å². The Labute approximate surface area is 139 Å². The van der Waals surface area contributed by atoms with Crippen LogP contribution in [0.1, 0.15) is 33.5 Å². The van der Waals surface area contributed by atoms with Crippen molar-refractivity contribution in [2.24, 2.45) is 0 Å². The first-order chi connectivity index (χ1) is 11.6. The molecule has 1 aliphatic heterocycles. The van der Waals surface area contributed by atoms with E-state index in [0.717, 1.165) is 74.3 Å². The Morgan fingerprint density at radius 1 is 1.17 bits per heavy atom. The minimum Gasteiger partial charge on any atom is -0.477 e. The van der Waals surface area contributed by atoms with Gasteiger partial charge in [0.25, 0.3) is 5.56 Å². The maximum atomic E-state index is 12.6. The van der Waals surface area contributed by atoms with Crippen molar-refractivity contribution in [1.29, 1.82) is 0 Å². The van der Waals surface area contributed by atoms with Crippen molar-refractivity contribution in [2.75, 3.05) is 26.3 Å². The van der Waals surface area contributed by atoms with Crippen LogP contribution < -0.4 is 5.56 Å². The molecule has 1 aliphatic carbocycles. The van der Waals surface area contributed by atoms with Gasteiger partial charge in [0.1, 0.15) is 5.56 Å². The van der Waals surface area contributed by atoms with E-state index in [4.69, 9.17) is 4.74 Å². The van der Waals surface area contributed by atoms with E-state index in [1.165, 1.54) is 0 Å². The summed E-state index contributed by atoms with van der Waals surface area (Å²) in [5.74, 6) is -1.16. The van der Waals surface area contributed by atoms with E-state index in [-0.39, 0.29) is 5.56 Å². The molecular weight excluding hydrogens is 308 g/mol. The molecule has 0 spiro atoms. The first-order valence-corrected chi connectivity index (χ1v) is 8.37. The maximum Gasteiger partial charge on any atom is 0.341 e. The molecule has 0 saturated carbocycles. The fourth-order valence-electron chi connectivity index (χ4n) is 3.78. The zero-order valence-electron chi connectivity index (χ0n) is 13.5. The lowest BCUT2D eigenvalue weighted by Gasteiger charge is -2.27. The third kappa shape index (κ3) is 2.61. The van der Waals surface area contributed by atoms with Gasteiger partial charge in [-0.2, -0.15) is 0 Å². The first kappa shape index (κ1) is 15.4. The van der Waals surface area contributed by atoms with E-state index in [1.54, 1.807) is 10.5 Å². The van der Waals surface area contributed by atoms with Gasteiger partial charge in [-0.05, 0) is 42.0 Å². The second-order valence-corrected chi connectivity index (χ2v) is 6.53. The molecule has 24 heavy (non-hydrogen) atoms. The summed E-state index contributed by atoms with van der Waals surface area (Å²) >= 11 is 0. The molecule has 1 saturated heterocycles. The van der Waals surface area contributed by atoms with Crippen LogP contribution in [-0.4, -0.2) is 46.7 Å². The quantitative estimate of drug-likeness (QED) is 0.920. The van der Waals surface area contributed by atoms with Crippen molar-refractivity contribution >= 4 is 11.5 Å². The number of nitrogens with zero attached hydrogens (tertiary/aromatic N) is 2. The molecule has 126 valence electrons. The van der Waals surface area contributed by atoms with Crippen molar-refractivity contribution in [3.63, 3.8) is 0 Å². The molecule has 0 aromatic carbocycles. The lowest BCUT2D eigenvalue weighted by molar-refractivity contribution is 0.0341. The number of aromatic nitrogens is 1. The lowest BCUT2D eigenvalue weighted by atomic mass is 9.92. The highest BCUT2D eigenvalue weighted by atomic mass is 16.5. The number of carboxylic acids is 1. The number of ether oxygens (including phenoxy) is 1. The molecule has 2 aliphatic rings. The fraction of sp³-hybridized carbons (Fsp3) is 0.444. The SMILES string of the molecule is O=C(O)c1cc2c3c(cc(CN4CCOCC4)cn3c1=O)CCC2. The predicted molar refractivity (Wildman–Crippen MR) is 88.7 cm³/mol. The summed E-state index contributed by atoms with van der Waals surface area (Å²) in [6.07, 6.45) is 4.55. The zero-order chi connectivity index (χ0) is 16.7. The number of aromatic carboxylic acids is 1. The van der Waals surface area contributed by atoms with Gasteiger partial charge in [-0.25, -0.2) is 4.79 Å². The van der Waals surface area contributed by atoms with Crippen molar-refractivity contribution in [3.8, 4) is 0 Å². The number of aryl methyl sites for hydroxylation is 2. The monoisotopic (exact) mass is 328 g/mol. The van der Waals surface area contributed by atoms with Crippen molar-refractivity contribution in [2.45, 2.75) is 25.8 Å². The Kier molecular flexibility index (Phi) is 3.86. The third-order valence-electron chi connectivity index (χ3n) is 4.90. The molecule has 0 radical (unpaired) electrons. The Morgan fingerprint density at radius 3 is 2.58 bits per heavy atom. The van der Waals surface area contributed by atoms with Gasteiger partial charge in [-0.15, -0.1) is 0 Å². The molecule has 1 fully saturated rings. The van der Waals surface area contributed by atoms with Crippen LogP contribution in [0.2, 0.25) is 0 Å². The first-order valence-electron chi connectivity index (χ1n) is 8.37. The highest BCUT2D eigenvalue weighted by Gasteiger charge is 2.21. The molecule has 0 bridgehead atoms. The van der Waals surface area contributed by atoms with Gasteiger partial charge in [0.15, 0.2) is 0 Å². The second kappa shape index (κ2) is 6.03. The molecule has 4 rings (SSSR count). The minimum absolute atomic E-state index is 0.140.